The molecule has 3 heteroatoms. The van der Waals surface area contributed by atoms with Crippen LogP contribution in [0.5, 0.6) is 5.75 Å². The molecule has 0 aromatic heterocycles. The molecular weight excluding hydrogens is 265 g/mol. The number of hydrogen-bond acceptors (Lipinski definition) is 2. The Morgan fingerprint density at radius 3 is 2.81 bits per heavy atom. The summed E-state index contributed by atoms with van der Waals surface area (Å²) < 4.78 is 19.8. The molecule has 0 fully saturated rings. The fourth-order valence-corrected chi connectivity index (χ4v) is 2.92. The van der Waals surface area contributed by atoms with Gasteiger partial charge < -0.3 is 10.5 Å². The highest BCUT2D eigenvalue weighted by Crippen LogP contribution is 2.35. The van der Waals surface area contributed by atoms with E-state index in [9.17, 15) is 4.39 Å². The second kappa shape index (κ2) is 5.86. The molecule has 2 atom stereocenters. The topological polar surface area (TPSA) is 35.2 Å². The van der Waals surface area contributed by atoms with Crippen LogP contribution in [0.4, 0.5) is 4.39 Å². The van der Waals surface area contributed by atoms with Crippen molar-refractivity contribution in [3.05, 3.63) is 65.0 Å². The van der Waals surface area contributed by atoms with E-state index in [1.54, 1.807) is 6.07 Å². The molecular formula is C18H20FNO. The van der Waals surface area contributed by atoms with Crippen molar-refractivity contribution in [3.8, 4) is 5.75 Å². The van der Waals surface area contributed by atoms with E-state index in [2.05, 4.69) is 12.1 Å². The first kappa shape index (κ1) is 14.1. The zero-order valence-electron chi connectivity index (χ0n) is 12.2. The second-order valence-electron chi connectivity index (χ2n) is 5.82. The molecule has 0 radical (unpaired) electrons. The number of para-hydroxylation sites is 1. The van der Waals surface area contributed by atoms with Gasteiger partial charge in [-0.3, -0.25) is 0 Å². The summed E-state index contributed by atoms with van der Waals surface area (Å²) in [6.07, 6.45) is 1.63. The third-order valence-electron chi connectivity index (χ3n) is 3.98. The molecule has 2 N–H and O–H groups in total. The molecule has 0 amide bonds. The largest absolute Gasteiger partial charge is 0.490 e. The monoisotopic (exact) mass is 285 g/mol. The third kappa shape index (κ3) is 2.93. The molecule has 0 saturated heterocycles. The zero-order valence-corrected chi connectivity index (χ0v) is 12.2. The minimum Gasteiger partial charge on any atom is -0.490 e. The second-order valence-corrected chi connectivity index (χ2v) is 5.82. The maximum atomic E-state index is 14.0. The summed E-state index contributed by atoms with van der Waals surface area (Å²) in [5.74, 6) is 0.420. The number of hydrogen-bond donors (Lipinski definition) is 1. The molecule has 2 unspecified atom stereocenters. The summed E-state index contributed by atoms with van der Waals surface area (Å²) in [5, 5.41) is 0. The van der Waals surface area contributed by atoms with Crippen LogP contribution in [0.15, 0.2) is 42.5 Å². The van der Waals surface area contributed by atoms with Crippen LogP contribution < -0.4 is 10.5 Å². The van der Waals surface area contributed by atoms with Crippen LogP contribution in [0.1, 0.15) is 29.5 Å². The summed E-state index contributed by atoms with van der Waals surface area (Å²) in [4.78, 5) is 0. The lowest BCUT2D eigenvalue weighted by atomic mass is 9.78. The molecule has 2 aromatic carbocycles. The number of halogens is 1. The highest BCUT2D eigenvalue weighted by Gasteiger charge is 2.26. The van der Waals surface area contributed by atoms with Crippen LogP contribution in [-0.2, 0) is 12.8 Å². The van der Waals surface area contributed by atoms with Crippen molar-refractivity contribution >= 4 is 0 Å². The van der Waals surface area contributed by atoms with Crippen LogP contribution >= 0.6 is 0 Å². The van der Waals surface area contributed by atoms with Crippen LogP contribution in [0, 0.1) is 5.82 Å². The van der Waals surface area contributed by atoms with Gasteiger partial charge in [-0.2, -0.15) is 0 Å². The fraction of sp³-hybridized carbons (Fsp3) is 0.333. The summed E-state index contributed by atoms with van der Waals surface area (Å²) in [6, 6.07) is 13.4. The van der Waals surface area contributed by atoms with Gasteiger partial charge in [0.05, 0.1) is 6.61 Å². The van der Waals surface area contributed by atoms with E-state index < -0.39 is 0 Å². The van der Waals surface area contributed by atoms with E-state index in [0.29, 0.717) is 24.7 Å². The molecule has 0 heterocycles. The Morgan fingerprint density at radius 1 is 1.24 bits per heavy atom. The maximum absolute atomic E-state index is 14.0. The van der Waals surface area contributed by atoms with Gasteiger partial charge in [-0.25, -0.2) is 4.39 Å². The Labute approximate surface area is 124 Å². The first-order valence-corrected chi connectivity index (χ1v) is 7.38. The number of nitrogens with two attached hydrogens (primary N) is 1. The smallest absolute Gasteiger partial charge is 0.165 e. The molecule has 0 spiro atoms. The van der Waals surface area contributed by atoms with E-state index >= 15 is 0 Å². The number of fused-ring (bicyclic) bond motifs is 1. The number of benzene rings is 2. The molecule has 0 bridgehead atoms. The van der Waals surface area contributed by atoms with Gasteiger partial charge in [-0.1, -0.05) is 36.4 Å². The van der Waals surface area contributed by atoms with Crippen LogP contribution in [0.25, 0.3) is 0 Å². The van der Waals surface area contributed by atoms with Gasteiger partial charge in [-0.15, -0.1) is 0 Å². The molecule has 1 aliphatic carbocycles. The van der Waals surface area contributed by atoms with Crippen molar-refractivity contribution in [2.45, 2.75) is 31.7 Å². The minimum absolute atomic E-state index is 0.0152. The molecule has 0 saturated carbocycles. The average Bonchev–Trinajstić information content (AvgIpc) is 2.42. The predicted molar refractivity (Wildman–Crippen MR) is 82.1 cm³/mol. The number of rotatable bonds is 5. The van der Waals surface area contributed by atoms with E-state index in [-0.39, 0.29) is 11.9 Å². The normalized spacial score (nSPS) is 17.8. The number of ether oxygens (including phenoxy) is 1. The Morgan fingerprint density at radius 2 is 2.05 bits per heavy atom. The van der Waals surface area contributed by atoms with Crippen LogP contribution in [-0.4, -0.2) is 12.6 Å². The van der Waals surface area contributed by atoms with Crippen molar-refractivity contribution in [1.82, 2.24) is 0 Å². The molecule has 1 aliphatic rings. The van der Waals surface area contributed by atoms with Gasteiger partial charge in [0.2, 0.25) is 0 Å². The Bertz CT molecular complexity index is 639. The molecule has 2 nitrogen and oxygen atoms in total. The van der Waals surface area contributed by atoms with Crippen molar-refractivity contribution in [3.63, 3.8) is 0 Å². The maximum Gasteiger partial charge on any atom is 0.165 e. The summed E-state index contributed by atoms with van der Waals surface area (Å²) >= 11 is 0. The lowest BCUT2D eigenvalue weighted by molar-refractivity contribution is 0.260. The van der Waals surface area contributed by atoms with Crippen molar-refractivity contribution in [1.29, 1.82) is 0 Å². The Balaban J connectivity index is 1.71. The van der Waals surface area contributed by atoms with Crippen LogP contribution in [0.2, 0.25) is 0 Å². The minimum atomic E-state index is -0.305. The van der Waals surface area contributed by atoms with E-state index in [1.807, 2.05) is 25.1 Å². The van der Waals surface area contributed by atoms with Gasteiger partial charge in [0.1, 0.15) is 0 Å². The molecule has 110 valence electrons. The third-order valence-corrected chi connectivity index (χ3v) is 3.98. The summed E-state index contributed by atoms with van der Waals surface area (Å²) in [5.41, 5.74) is 9.36. The Hall–Kier alpha value is -1.87. The van der Waals surface area contributed by atoms with Crippen LogP contribution in [0.3, 0.4) is 0 Å². The first-order valence-electron chi connectivity index (χ1n) is 7.38. The Kier molecular flexibility index (Phi) is 3.93. The summed E-state index contributed by atoms with van der Waals surface area (Å²) in [6.45, 7) is 2.43. The standard InChI is InChI=1S/C18H20FNO/c1-12(20)9-14-6-4-8-17(19)18(14)21-11-15-10-13-5-2-3-7-16(13)15/h2-8,12,15H,9-11,20H2,1H3. The van der Waals surface area contributed by atoms with Gasteiger partial charge in [-0.05, 0) is 42.5 Å². The molecule has 21 heavy (non-hydrogen) atoms. The average molecular weight is 285 g/mol. The van der Waals surface area contributed by atoms with Gasteiger partial charge in [0.25, 0.3) is 0 Å². The quantitative estimate of drug-likeness (QED) is 0.913. The molecule has 2 aromatic rings. The molecule has 3 rings (SSSR count). The van der Waals surface area contributed by atoms with Crippen molar-refractivity contribution < 1.29 is 9.13 Å². The molecule has 0 aliphatic heterocycles. The van der Waals surface area contributed by atoms with E-state index in [0.717, 1.165) is 12.0 Å². The van der Waals surface area contributed by atoms with E-state index in [4.69, 9.17) is 10.5 Å². The lowest BCUT2D eigenvalue weighted by Gasteiger charge is -2.30. The highest BCUT2D eigenvalue weighted by molar-refractivity contribution is 5.41. The van der Waals surface area contributed by atoms with Crippen molar-refractivity contribution in [2.24, 2.45) is 5.73 Å². The van der Waals surface area contributed by atoms with Gasteiger partial charge in [0, 0.05) is 12.0 Å². The lowest BCUT2D eigenvalue weighted by Crippen LogP contribution is -2.24. The van der Waals surface area contributed by atoms with Gasteiger partial charge in [0.15, 0.2) is 11.6 Å². The summed E-state index contributed by atoms with van der Waals surface area (Å²) in [7, 11) is 0. The SMILES string of the molecule is CC(N)Cc1cccc(F)c1OCC1Cc2ccccc21. The highest BCUT2D eigenvalue weighted by atomic mass is 19.1. The van der Waals surface area contributed by atoms with Crippen molar-refractivity contribution in [2.75, 3.05) is 6.61 Å². The van der Waals surface area contributed by atoms with Gasteiger partial charge >= 0.3 is 0 Å². The zero-order chi connectivity index (χ0) is 14.8. The van der Waals surface area contributed by atoms with E-state index in [1.165, 1.54) is 17.2 Å². The predicted octanol–water partition coefficient (Wildman–Crippen LogP) is 3.43. The fourth-order valence-electron chi connectivity index (χ4n) is 2.92. The first-order chi connectivity index (χ1) is 10.1.